The third kappa shape index (κ3) is 70.3. The Hall–Kier alpha value is -1.68. The second-order valence-electron chi connectivity index (χ2n) is 1.98. The number of isocyanates is 3. The van der Waals surface area contributed by atoms with Gasteiger partial charge in [-0.05, 0) is 12.5 Å². The van der Waals surface area contributed by atoms with Crippen molar-refractivity contribution in [1.29, 1.82) is 16.2 Å². The summed E-state index contributed by atoms with van der Waals surface area (Å²) in [6.07, 6.45) is 5.00. The first-order valence-corrected chi connectivity index (χ1v) is 5.52. The zero-order chi connectivity index (χ0) is 12.4. The Kier molecular flexibility index (Phi) is 37.3. The molecule has 1 fully saturated rings. The number of hydrogen-bond acceptors (Lipinski definition) is 7. The van der Waals surface area contributed by atoms with Crippen molar-refractivity contribution >= 4 is 28.0 Å². The molecule has 1 aliphatic heterocycles. The summed E-state index contributed by atoms with van der Waals surface area (Å²) in [5.41, 5.74) is 0. The van der Waals surface area contributed by atoms with E-state index >= 15 is 0 Å². The third-order valence-corrected chi connectivity index (χ3v) is 2.44. The molecule has 8 heteroatoms. The van der Waals surface area contributed by atoms with Crippen LogP contribution < -0.4 is 0 Å². The van der Waals surface area contributed by atoms with E-state index in [0.29, 0.717) is 0 Å². The van der Waals surface area contributed by atoms with E-state index < -0.39 is 0 Å². The Bertz CT molecular complexity index is 172. The van der Waals surface area contributed by atoms with Crippen LogP contribution in [-0.2, 0) is 18.8 Å². The zero-order valence-corrected chi connectivity index (χ0v) is 9.58. The molecule has 1 aliphatic rings. The van der Waals surface area contributed by atoms with Crippen LogP contribution in [0.1, 0.15) is 12.8 Å². The molecule has 0 saturated carbocycles. The van der Waals surface area contributed by atoms with E-state index in [1.807, 2.05) is 0 Å². The summed E-state index contributed by atoms with van der Waals surface area (Å²) >= 11 is 0. The maximum absolute atomic E-state index is 8.35. The van der Waals surface area contributed by atoms with Crippen molar-refractivity contribution in [2.24, 2.45) is 0 Å². The highest BCUT2D eigenvalue weighted by Gasteiger charge is 1.96. The van der Waals surface area contributed by atoms with Gasteiger partial charge in [-0.2, -0.15) is 0 Å². The van der Waals surface area contributed by atoms with Crippen molar-refractivity contribution in [3.63, 3.8) is 0 Å². The zero-order valence-electron chi connectivity index (χ0n) is 8.17. The average Bonchev–Trinajstić information content (AvgIpc) is 2.24. The molecule has 0 unspecified atom stereocenters. The van der Waals surface area contributed by atoms with Gasteiger partial charge >= 0.3 is 0 Å². The first-order valence-electron chi connectivity index (χ1n) is 3.94. The Morgan fingerprint density at radius 1 is 0.933 bits per heavy atom. The van der Waals surface area contributed by atoms with E-state index in [4.69, 9.17) is 35.0 Å². The topological polar surface area (TPSA) is 132 Å². The molecule has 3 N–H and O–H groups in total. The molecule has 0 aromatic heterocycles. The van der Waals surface area contributed by atoms with Crippen LogP contribution in [0.3, 0.4) is 0 Å². The molecule has 0 atom stereocenters. The second kappa shape index (κ2) is 29.5. The van der Waals surface area contributed by atoms with Gasteiger partial charge in [0.2, 0.25) is 18.2 Å². The van der Waals surface area contributed by atoms with Crippen molar-refractivity contribution < 1.29 is 18.8 Å². The fourth-order valence-corrected chi connectivity index (χ4v) is 1.86. The van der Waals surface area contributed by atoms with Crippen molar-refractivity contribution in [2.75, 3.05) is 6.61 Å². The van der Waals surface area contributed by atoms with E-state index in [1.165, 1.54) is 18.9 Å². The summed E-state index contributed by atoms with van der Waals surface area (Å²) < 4.78 is 5.21. The molecule has 0 aromatic rings. The van der Waals surface area contributed by atoms with Crippen molar-refractivity contribution in [2.45, 2.75) is 18.9 Å². The van der Waals surface area contributed by atoms with Crippen LogP contribution in [-0.4, -0.2) is 34.6 Å². The summed E-state index contributed by atoms with van der Waals surface area (Å²) in [5, 5.41) is 16.2. The molecule has 0 aliphatic carbocycles. The van der Waals surface area contributed by atoms with Crippen molar-refractivity contribution in [1.82, 2.24) is 0 Å². The van der Waals surface area contributed by atoms with Crippen molar-refractivity contribution in [3.05, 3.63) is 0 Å². The van der Waals surface area contributed by atoms with Gasteiger partial charge in [0.25, 0.3) is 0 Å². The lowest BCUT2D eigenvalue weighted by Gasteiger charge is -2.07. The fraction of sp³-hybridized carbons (Fsp3) is 0.571. The Morgan fingerprint density at radius 2 is 1.33 bits per heavy atom. The molecule has 0 bridgehead atoms. The van der Waals surface area contributed by atoms with Crippen LogP contribution in [0.2, 0.25) is 6.04 Å². The minimum Gasteiger partial charge on any atom is -0.424 e. The summed E-state index contributed by atoms with van der Waals surface area (Å²) in [6, 6.07) is 1.42. The van der Waals surface area contributed by atoms with Crippen molar-refractivity contribution in [3.8, 4) is 0 Å². The molecule has 1 saturated heterocycles. The average molecular weight is 231 g/mol. The molecule has 1 heterocycles. The molecule has 84 valence electrons. The van der Waals surface area contributed by atoms with E-state index in [2.05, 4.69) is 0 Å². The highest BCUT2D eigenvalue weighted by molar-refractivity contribution is 6.27. The molecule has 0 amide bonds. The van der Waals surface area contributed by atoms with Crippen LogP contribution in [0.4, 0.5) is 0 Å². The van der Waals surface area contributed by atoms with Gasteiger partial charge in [-0.15, -0.1) is 0 Å². The maximum Gasteiger partial charge on any atom is 0.231 e. The van der Waals surface area contributed by atoms with E-state index in [9.17, 15) is 0 Å². The standard InChI is InChI=1S/C4H10OSi.3CHNO/c1-2-4-6-5-3-1;3*2-1-3/h1-4,6H2;3*2H. The largest absolute Gasteiger partial charge is 0.424 e. The number of hydrogen-bond donors (Lipinski definition) is 3. The second-order valence-corrected chi connectivity index (χ2v) is 3.50. The molecule has 7 nitrogen and oxygen atoms in total. The predicted molar refractivity (Wildman–Crippen MR) is 53.8 cm³/mol. The van der Waals surface area contributed by atoms with Gasteiger partial charge < -0.3 is 4.43 Å². The fourth-order valence-electron chi connectivity index (χ4n) is 0.687. The van der Waals surface area contributed by atoms with Crippen LogP contribution in [0.15, 0.2) is 0 Å². The molecule has 0 spiro atoms. The first-order chi connectivity index (χ1) is 7.24. The molecule has 15 heavy (non-hydrogen) atoms. The Labute approximate surface area is 89.3 Å². The van der Waals surface area contributed by atoms with Gasteiger partial charge in [0, 0.05) is 6.61 Å². The van der Waals surface area contributed by atoms with E-state index in [0.717, 1.165) is 24.8 Å². The Morgan fingerprint density at radius 3 is 1.40 bits per heavy atom. The summed E-state index contributed by atoms with van der Waals surface area (Å²) in [5.74, 6) is 0. The van der Waals surface area contributed by atoms with Gasteiger partial charge in [-0.25, -0.2) is 30.6 Å². The lowest BCUT2D eigenvalue weighted by atomic mass is 10.4. The lowest BCUT2D eigenvalue weighted by molar-refractivity contribution is 0.304. The smallest absolute Gasteiger partial charge is 0.231 e. The predicted octanol–water partition coefficient (Wildman–Crippen LogP) is 0.00181. The summed E-state index contributed by atoms with van der Waals surface area (Å²) in [6.45, 7) is 1.06. The van der Waals surface area contributed by atoms with E-state index in [-0.39, 0.29) is 9.76 Å². The molecule has 0 radical (unpaired) electrons. The first kappa shape index (κ1) is 19.0. The van der Waals surface area contributed by atoms with Gasteiger partial charge in [-0.1, -0.05) is 6.42 Å². The molecular formula is C7H13N3O4Si. The number of nitrogens with one attached hydrogen (secondary N) is 3. The summed E-state index contributed by atoms with van der Waals surface area (Å²) in [4.78, 5) is 25.0. The number of carbonyl (C=O) groups excluding carboxylic acids is 3. The monoisotopic (exact) mass is 231 g/mol. The lowest BCUT2D eigenvalue weighted by Crippen LogP contribution is -2.06. The number of rotatable bonds is 0. The normalized spacial score (nSPS) is 12.8. The van der Waals surface area contributed by atoms with Crippen LogP contribution in [0, 0.1) is 16.2 Å². The highest BCUT2D eigenvalue weighted by Crippen LogP contribution is 2.01. The Balaban J connectivity index is -0.000000140. The molecule has 0 aromatic carbocycles. The minimum absolute atomic E-state index is 0.00849. The SMILES string of the molecule is C1CC[SiH2]OC1.N=C=O.N=C=O.N=C=O. The van der Waals surface area contributed by atoms with E-state index in [1.54, 1.807) is 0 Å². The highest BCUT2D eigenvalue weighted by atomic mass is 28.2. The van der Waals surface area contributed by atoms with Crippen LogP contribution >= 0.6 is 0 Å². The maximum atomic E-state index is 8.35. The summed E-state index contributed by atoms with van der Waals surface area (Å²) in [7, 11) is 0.00849. The molecular weight excluding hydrogens is 218 g/mol. The van der Waals surface area contributed by atoms with Gasteiger partial charge in [0.15, 0.2) is 9.76 Å². The quantitative estimate of drug-likeness (QED) is 0.307. The van der Waals surface area contributed by atoms with Crippen LogP contribution in [0.25, 0.3) is 0 Å². The van der Waals surface area contributed by atoms with Gasteiger partial charge in [0.1, 0.15) is 0 Å². The van der Waals surface area contributed by atoms with Crippen LogP contribution in [0.5, 0.6) is 0 Å². The van der Waals surface area contributed by atoms with Gasteiger partial charge in [0.05, 0.1) is 0 Å². The van der Waals surface area contributed by atoms with Gasteiger partial charge in [-0.3, -0.25) is 0 Å². The third-order valence-electron chi connectivity index (χ3n) is 1.08. The minimum atomic E-state index is 0.00849. The molecule has 1 rings (SSSR count).